The van der Waals surface area contributed by atoms with Crippen molar-refractivity contribution in [3.63, 3.8) is 0 Å². The molecule has 1 amide bonds. The summed E-state index contributed by atoms with van der Waals surface area (Å²) in [6.07, 6.45) is 2.80. The lowest BCUT2D eigenvalue weighted by Gasteiger charge is -2.21. The Bertz CT molecular complexity index is 1260. The Morgan fingerprint density at radius 2 is 1.67 bits per heavy atom. The average molecular weight is 458 g/mol. The van der Waals surface area contributed by atoms with Crippen molar-refractivity contribution in [1.82, 2.24) is 9.58 Å². The molecular weight excluding hydrogens is 438 g/mol. The number of carbonyl (C=O) groups excluding carboxylic acids is 1. The summed E-state index contributed by atoms with van der Waals surface area (Å²) >= 11 is 3.49. The number of fused-ring (bicyclic) bond motifs is 1. The van der Waals surface area contributed by atoms with Crippen LogP contribution in [-0.2, 0) is 7.05 Å². The molecule has 0 radical (unpaired) electrons. The molecule has 30 heavy (non-hydrogen) atoms. The van der Waals surface area contributed by atoms with Crippen LogP contribution in [-0.4, -0.2) is 21.2 Å². The van der Waals surface area contributed by atoms with Gasteiger partial charge < -0.3 is 4.57 Å². The van der Waals surface area contributed by atoms with Crippen molar-refractivity contribution in [3.05, 3.63) is 106 Å². The second-order valence-corrected chi connectivity index (χ2v) is 8.42. The van der Waals surface area contributed by atoms with Gasteiger partial charge in [-0.2, -0.15) is 5.10 Å². The van der Waals surface area contributed by atoms with Gasteiger partial charge in [-0.15, -0.1) is 0 Å². The lowest BCUT2D eigenvalue weighted by Crippen LogP contribution is -2.27. The number of benzene rings is 3. The van der Waals surface area contributed by atoms with E-state index >= 15 is 0 Å². The molecule has 148 valence electrons. The Hall–Kier alpha value is -3.18. The van der Waals surface area contributed by atoms with Crippen molar-refractivity contribution in [2.24, 2.45) is 12.1 Å². The number of halogens is 1. The van der Waals surface area contributed by atoms with E-state index in [1.807, 2.05) is 73.8 Å². The summed E-state index contributed by atoms with van der Waals surface area (Å²) in [5.41, 5.74) is 4.87. The molecule has 5 rings (SSSR count). The van der Waals surface area contributed by atoms with Crippen molar-refractivity contribution in [2.45, 2.75) is 12.5 Å². The summed E-state index contributed by atoms with van der Waals surface area (Å²) in [5, 5.41) is 7.63. The van der Waals surface area contributed by atoms with Crippen LogP contribution in [0.2, 0.25) is 0 Å². The van der Waals surface area contributed by atoms with Gasteiger partial charge in [-0.25, -0.2) is 5.01 Å². The topological polar surface area (TPSA) is 37.6 Å². The van der Waals surface area contributed by atoms with Crippen LogP contribution in [0, 0.1) is 0 Å². The number of carbonyl (C=O) groups is 1. The van der Waals surface area contributed by atoms with Gasteiger partial charge in [0, 0.05) is 46.2 Å². The Morgan fingerprint density at radius 1 is 0.967 bits per heavy atom. The number of nitrogens with zero attached hydrogens (tertiary/aromatic N) is 3. The van der Waals surface area contributed by atoms with E-state index < -0.39 is 0 Å². The summed E-state index contributed by atoms with van der Waals surface area (Å²) in [4.78, 5) is 13.4. The maximum absolute atomic E-state index is 13.4. The fraction of sp³-hybridized carbons (Fsp3) is 0.120. The number of amides is 1. The zero-order valence-electron chi connectivity index (χ0n) is 16.5. The lowest BCUT2D eigenvalue weighted by molar-refractivity contribution is 0.0712. The predicted octanol–water partition coefficient (Wildman–Crippen LogP) is 5.93. The summed E-state index contributed by atoms with van der Waals surface area (Å²) in [6.45, 7) is 0. The van der Waals surface area contributed by atoms with Crippen LogP contribution in [0.1, 0.15) is 33.9 Å². The van der Waals surface area contributed by atoms with Crippen molar-refractivity contribution in [1.29, 1.82) is 0 Å². The highest BCUT2D eigenvalue weighted by atomic mass is 79.9. The molecule has 1 aliphatic heterocycles. The van der Waals surface area contributed by atoms with Gasteiger partial charge in [0.05, 0.1) is 11.8 Å². The van der Waals surface area contributed by atoms with Gasteiger partial charge in [0.1, 0.15) is 0 Å². The van der Waals surface area contributed by atoms with Gasteiger partial charge >= 0.3 is 0 Å². The highest BCUT2D eigenvalue weighted by Crippen LogP contribution is 2.38. The molecule has 1 atom stereocenters. The smallest absolute Gasteiger partial charge is 0.274 e. The minimum absolute atomic E-state index is 0.0827. The van der Waals surface area contributed by atoms with E-state index in [9.17, 15) is 4.79 Å². The van der Waals surface area contributed by atoms with Gasteiger partial charge in [0.15, 0.2) is 0 Å². The maximum Gasteiger partial charge on any atom is 0.274 e. The van der Waals surface area contributed by atoms with Gasteiger partial charge in [0.25, 0.3) is 5.91 Å². The quantitative estimate of drug-likeness (QED) is 0.375. The highest BCUT2D eigenvalue weighted by Gasteiger charge is 2.35. The van der Waals surface area contributed by atoms with E-state index in [0.717, 1.165) is 32.2 Å². The largest absolute Gasteiger partial charge is 0.350 e. The van der Waals surface area contributed by atoms with Crippen molar-refractivity contribution < 1.29 is 4.79 Å². The number of aryl methyl sites for hydroxylation is 1. The van der Waals surface area contributed by atoms with Gasteiger partial charge in [0.2, 0.25) is 0 Å². The molecule has 0 saturated heterocycles. The highest BCUT2D eigenvalue weighted by molar-refractivity contribution is 9.10. The van der Waals surface area contributed by atoms with Crippen LogP contribution in [0.3, 0.4) is 0 Å². The maximum atomic E-state index is 13.4. The molecular formula is C25H20BrN3O. The number of hydrogen-bond donors (Lipinski definition) is 0. The molecule has 0 N–H and O–H groups in total. The molecule has 0 spiro atoms. The van der Waals surface area contributed by atoms with Crippen LogP contribution in [0.25, 0.3) is 10.9 Å². The number of aromatic nitrogens is 1. The first-order valence-corrected chi connectivity index (χ1v) is 10.7. The number of rotatable bonds is 3. The zero-order valence-corrected chi connectivity index (χ0v) is 18.1. The van der Waals surface area contributed by atoms with Crippen LogP contribution in [0.4, 0.5) is 0 Å². The van der Waals surface area contributed by atoms with E-state index in [2.05, 4.69) is 38.8 Å². The molecule has 2 heterocycles. The Morgan fingerprint density at radius 3 is 2.43 bits per heavy atom. The standard InChI is InChI=1S/C25H20BrN3O/c1-28-16-21(20-9-5-6-10-23(20)28)24-15-22(17-11-13-19(26)14-12-17)27-29(24)25(30)18-7-3-2-4-8-18/h2-14,16,24H,15H2,1H3/t24-/m1/s1. The molecule has 4 nitrogen and oxygen atoms in total. The first kappa shape index (κ1) is 18.8. The van der Waals surface area contributed by atoms with Crippen LogP contribution < -0.4 is 0 Å². The van der Waals surface area contributed by atoms with Crippen LogP contribution in [0.15, 0.2) is 94.6 Å². The third-order valence-electron chi connectivity index (χ3n) is 5.60. The van der Waals surface area contributed by atoms with Crippen LogP contribution >= 0.6 is 15.9 Å². The summed E-state index contributed by atoms with van der Waals surface area (Å²) < 4.78 is 3.14. The molecule has 0 saturated carbocycles. The Balaban J connectivity index is 1.61. The third-order valence-corrected chi connectivity index (χ3v) is 6.13. The first-order chi connectivity index (χ1) is 14.6. The fourth-order valence-corrected chi connectivity index (χ4v) is 4.37. The zero-order chi connectivity index (χ0) is 20.7. The SMILES string of the molecule is Cn1cc([C@H]2CC(c3ccc(Br)cc3)=NN2C(=O)c2ccccc2)c2ccccc21. The normalized spacial score (nSPS) is 16.1. The van der Waals surface area contributed by atoms with E-state index in [1.54, 1.807) is 5.01 Å². The molecule has 0 fully saturated rings. The number of hydrogen-bond acceptors (Lipinski definition) is 2. The van der Waals surface area contributed by atoms with Gasteiger partial charge in [-0.3, -0.25) is 4.79 Å². The minimum atomic E-state index is -0.151. The molecule has 1 aliphatic rings. The van der Waals surface area contributed by atoms with E-state index in [4.69, 9.17) is 5.10 Å². The molecule has 5 heteroatoms. The Kier molecular flexibility index (Phi) is 4.75. The molecule has 0 bridgehead atoms. The molecule has 3 aromatic carbocycles. The predicted molar refractivity (Wildman–Crippen MR) is 124 cm³/mol. The van der Waals surface area contributed by atoms with Crippen molar-refractivity contribution in [3.8, 4) is 0 Å². The molecule has 4 aromatic rings. The van der Waals surface area contributed by atoms with Gasteiger partial charge in [-0.05, 0) is 35.9 Å². The number of para-hydroxylation sites is 1. The fourth-order valence-electron chi connectivity index (χ4n) is 4.11. The second-order valence-electron chi connectivity index (χ2n) is 7.50. The Labute approximate surface area is 183 Å². The van der Waals surface area contributed by atoms with Crippen molar-refractivity contribution in [2.75, 3.05) is 0 Å². The summed E-state index contributed by atoms with van der Waals surface area (Å²) in [7, 11) is 2.04. The minimum Gasteiger partial charge on any atom is -0.350 e. The van der Waals surface area contributed by atoms with Gasteiger partial charge in [-0.1, -0.05) is 64.5 Å². The average Bonchev–Trinajstić information content (AvgIpc) is 3.36. The summed E-state index contributed by atoms with van der Waals surface area (Å²) in [6, 6.07) is 25.6. The molecule has 0 unspecified atom stereocenters. The van der Waals surface area contributed by atoms with E-state index in [0.29, 0.717) is 12.0 Å². The molecule has 0 aliphatic carbocycles. The van der Waals surface area contributed by atoms with E-state index in [1.165, 1.54) is 0 Å². The monoisotopic (exact) mass is 457 g/mol. The second kappa shape index (κ2) is 7.58. The van der Waals surface area contributed by atoms with Crippen molar-refractivity contribution >= 4 is 38.5 Å². The number of hydrazone groups is 1. The molecule has 1 aromatic heterocycles. The van der Waals surface area contributed by atoms with E-state index in [-0.39, 0.29) is 11.9 Å². The lowest BCUT2D eigenvalue weighted by atomic mass is 9.97. The first-order valence-electron chi connectivity index (χ1n) is 9.88. The third kappa shape index (κ3) is 3.25. The summed E-state index contributed by atoms with van der Waals surface area (Å²) in [5.74, 6) is -0.0827. The van der Waals surface area contributed by atoms with Crippen LogP contribution in [0.5, 0.6) is 0 Å².